The van der Waals surface area contributed by atoms with Gasteiger partial charge in [-0.1, -0.05) is 24.3 Å². The first-order chi connectivity index (χ1) is 11.8. The lowest BCUT2D eigenvalue weighted by Gasteiger charge is -2.11. The molecule has 7 nitrogen and oxygen atoms in total. The van der Waals surface area contributed by atoms with Crippen LogP contribution in [0.15, 0.2) is 36.4 Å². The van der Waals surface area contributed by atoms with Gasteiger partial charge in [0.15, 0.2) is 6.61 Å². The van der Waals surface area contributed by atoms with Crippen LogP contribution in [0.2, 0.25) is 0 Å². The van der Waals surface area contributed by atoms with Crippen molar-refractivity contribution in [2.45, 2.75) is 20.8 Å². The quantitative estimate of drug-likeness (QED) is 0.510. The van der Waals surface area contributed by atoms with E-state index >= 15 is 0 Å². The molecule has 25 heavy (non-hydrogen) atoms. The molecule has 0 saturated heterocycles. The van der Waals surface area contributed by atoms with Crippen LogP contribution in [0.5, 0.6) is 0 Å². The number of ether oxygens (including phenoxy) is 1. The van der Waals surface area contributed by atoms with E-state index in [0.29, 0.717) is 11.1 Å². The first-order valence-electron chi connectivity index (χ1n) is 7.58. The molecule has 2 aromatic carbocycles. The fraction of sp³-hybridized carbons (Fsp3) is 0.222. The minimum absolute atomic E-state index is 0.113. The van der Waals surface area contributed by atoms with Gasteiger partial charge in [0.25, 0.3) is 11.6 Å². The van der Waals surface area contributed by atoms with Gasteiger partial charge < -0.3 is 10.1 Å². The summed E-state index contributed by atoms with van der Waals surface area (Å²) in [6, 6.07) is 9.79. The molecule has 2 aromatic rings. The summed E-state index contributed by atoms with van der Waals surface area (Å²) in [4.78, 5) is 34.6. The Balaban J connectivity index is 2.09. The van der Waals surface area contributed by atoms with Crippen molar-refractivity contribution < 1.29 is 19.2 Å². The van der Waals surface area contributed by atoms with Gasteiger partial charge in [0.1, 0.15) is 5.69 Å². The average Bonchev–Trinajstić information content (AvgIpc) is 2.57. The van der Waals surface area contributed by atoms with E-state index < -0.39 is 23.4 Å². The fourth-order valence-corrected chi connectivity index (χ4v) is 2.30. The van der Waals surface area contributed by atoms with Crippen molar-refractivity contribution in [3.63, 3.8) is 0 Å². The zero-order valence-corrected chi connectivity index (χ0v) is 14.2. The Morgan fingerprint density at radius 1 is 1.08 bits per heavy atom. The Kier molecular flexibility index (Phi) is 5.49. The molecule has 0 spiro atoms. The summed E-state index contributed by atoms with van der Waals surface area (Å²) in [5, 5.41) is 13.6. The first kappa shape index (κ1) is 18.1. The standard InChI is InChI=1S/C18H18N2O5/c1-11-8-9-15(20(23)24)17(13(11)3)19-16(21)10-25-18(22)14-7-5-4-6-12(14)2/h4-9H,10H2,1-3H3,(H,19,21). The van der Waals surface area contributed by atoms with E-state index in [9.17, 15) is 19.7 Å². The molecular formula is C18H18N2O5. The Labute approximate surface area is 144 Å². The number of nitro groups is 1. The summed E-state index contributed by atoms with van der Waals surface area (Å²) in [5.41, 5.74) is 2.40. The number of carbonyl (C=O) groups is 2. The van der Waals surface area contributed by atoms with Gasteiger partial charge in [-0.2, -0.15) is 0 Å². The Morgan fingerprint density at radius 2 is 1.76 bits per heavy atom. The van der Waals surface area contributed by atoms with E-state index in [0.717, 1.165) is 11.1 Å². The van der Waals surface area contributed by atoms with Crippen LogP contribution in [0.4, 0.5) is 11.4 Å². The molecule has 7 heteroatoms. The summed E-state index contributed by atoms with van der Waals surface area (Å²) in [5.74, 6) is -1.26. The molecule has 0 aliphatic heterocycles. The lowest BCUT2D eigenvalue weighted by Crippen LogP contribution is -2.22. The molecule has 0 atom stereocenters. The molecular weight excluding hydrogens is 324 g/mol. The van der Waals surface area contributed by atoms with Crippen LogP contribution >= 0.6 is 0 Å². The third kappa shape index (κ3) is 4.20. The van der Waals surface area contributed by atoms with Gasteiger partial charge in [-0.05, 0) is 43.5 Å². The number of hydrogen-bond acceptors (Lipinski definition) is 5. The molecule has 0 saturated carbocycles. The molecule has 0 heterocycles. The minimum atomic E-state index is -0.640. The number of esters is 1. The van der Waals surface area contributed by atoms with Crippen LogP contribution in [-0.4, -0.2) is 23.4 Å². The molecule has 1 amide bonds. The van der Waals surface area contributed by atoms with E-state index in [1.54, 1.807) is 51.1 Å². The van der Waals surface area contributed by atoms with Gasteiger partial charge >= 0.3 is 5.97 Å². The number of amides is 1. The third-order valence-corrected chi connectivity index (χ3v) is 3.87. The highest BCUT2D eigenvalue weighted by Gasteiger charge is 2.20. The van der Waals surface area contributed by atoms with E-state index in [1.165, 1.54) is 6.07 Å². The van der Waals surface area contributed by atoms with Crippen molar-refractivity contribution in [1.29, 1.82) is 0 Å². The van der Waals surface area contributed by atoms with E-state index in [-0.39, 0.29) is 11.4 Å². The monoisotopic (exact) mass is 342 g/mol. The van der Waals surface area contributed by atoms with Crippen molar-refractivity contribution >= 4 is 23.3 Å². The summed E-state index contributed by atoms with van der Waals surface area (Å²) >= 11 is 0. The molecule has 0 aromatic heterocycles. The van der Waals surface area contributed by atoms with Crippen molar-refractivity contribution in [3.05, 3.63) is 68.8 Å². The smallest absolute Gasteiger partial charge is 0.338 e. The van der Waals surface area contributed by atoms with Gasteiger partial charge in [-0.15, -0.1) is 0 Å². The number of nitrogens with zero attached hydrogens (tertiary/aromatic N) is 1. The van der Waals surface area contributed by atoms with Crippen molar-refractivity contribution in [2.75, 3.05) is 11.9 Å². The summed E-state index contributed by atoms with van der Waals surface area (Å²) in [6.07, 6.45) is 0. The zero-order valence-electron chi connectivity index (χ0n) is 14.2. The number of hydrogen-bond donors (Lipinski definition) is 1. The molecule has 0 aliphatic rings. The highest BCUT2D eigenvalue weighted by molar-refractivity contribution is 5.98. The number of nitrogens with one attached hydrogen (secondary N) is 1. The predicted molar refractivity (Wildman–Crippen MR) is 92.7 cm³/mol. The van der Waals surface area contributed by atoms with Gasteiger partial charge in [0.2, 0.25) is 0 Å². The lowest BCUT2D eigenvalue weighted by molar-refractivity contribution is -0.384. The third-order valence-electron chi connectivity index (χ3n) is 3.87. The lowest BCUT2D eigenvalue weighted by atomic mass is 10.1. The summed E-state index contributed by atoms with van der Waals surface area (Å²) < 4.78 is 4.99. The van der Waals surface area contributed by atoms with E-state index in [1.807, 2.05) is 0 Å². The largest absolute Gasteiger partial charge is 0.452 e. The minimum Gasteiger partial charge on any atom is -0.452 e. The molecule has 130 valence electrons. The fourth-order valence-electron chi connectivity index (χ4n) is 2.30. The van der Waals surface area contributed by atoms with Gasteiger partial charge in [-0.25, -0.2) is 4.79 Å². The van der Waals surface area contributed by atoms with Crippen molar-refractivity contribution in [1.82, 2.24) is 0 Å². The number of benzene rings is 2. The second-order valence-corrected chi connectivity index (χ2v) is 5.60. The Bertz CT molecular complexity index is 845. The molecule has 0 aliphatic carbocycles. The van der Waals surface area contributed by atoms with E-state index in [4.69, 9.17) is 4.74 Å². The van der Waals surface area contributed by atoms with Crippen LogP contribution in [0.1, 0.15) is 27.0 Å². The van der Waals surface area contributed by atoms with Gasteiger partial charge in [0.05, 0.1) is 10.5 Å². The molecule has 0 radical (unpaired) electrons. The molecule has 0 unspecified atom stereocenters. The van der Waals surface area contributed by atoms with Crippen LogP contribution in [0.25, 0.3) is 0 Å². The molecule has 0 bridgehead atoms. The molecule has 1 N–H and O–H groups in total. The van der Waals surface area contributed by atoms with Crippen LogP contribution in [-0.2, 0) is 9.53 Å². The number of rotatable bonds is 5. The molecule has 0 fully saturated rings. The topological polar surface area (TPSA) is 98.5 Å². The van der Waals surface area contributed by atoms with Gasteiger partial charge in [-0.3, -0.25) is 14.9 Å². The second-order valence-electron chi connectivity index (χ2n) is 5.60. The zero-order chi connectivity index (χ0) is 18.6. The van der Waals surface area contributed by atoms with Crippen LogP contribution < -0.4 is 5.32 Å². The highest BCUT2D eigenvalue weighted by Crippen LogP contribution is 2.30. The number of carbonyl (C=O) groups excluding carboxylic acids is 2. The maximum absolute atomic E-state index is 12.1. The van der Waals surface area contributed by atoms with E-state index in [2.05, 4.69) is 5.32 Å². The van der Waals surface area contributed by atoms with Crippen LogP contribution in [0, 0.1) is 30.9 Å². The first-order valence-corrected chi connectivity index (χ1v) is 7.58. The summed E-state index contributed by atoms with van der Waals surface area (Å²) in [6.45, 7) is 4.69. The Hall–Kier alpha value is -3.22. The molecule has 2 rings (SSSR count). The average molecular weight is 342 g/mol. The van der Waals surface area contributed by atoms with Crippen molar-refractivity contribution in [3.8, 4) is 0 Å². The van der Waals surface area contributed by atoms with Crippen LogP contribution in [0.3, 0.4) is 0 Å². The highest BCUT2D eigenvalue weighted by atomic mass is 16.6. The Morgan fingerprint density at radius 3 is 2.40 bits per heavy atom. The normalized spacial score (nSPS) is 10.2. The SMILES string of the molecule is Cc1ccccc1C(=O)OCC(=O)Nc1c([N+](=O)[O-])ccc(C)c1C. The number of aryl methyl sites for hydroxylation is 2. The predicted octanol–water partition coefficient (Wildman–Crippen LogP) is 3.32. The van der Waals surface area contributed by atoms with Crippen molar-refractivity contribution in [2.24, 2.45) is 0 Å². The second kappa shape index (κ2) is 7.57. The number of nitro benzene ring substituents is 1. The summed E-state index contributed by atoms with van der Waals surface area (Å²) in [7, 11) is 0. The number of anilines is 1. The maximum atomic E-state index is 12.1. The van der Waals surface area contributed by atoms with Gasteiger partial charge in [0, 0.05) is 6.07 Å². The maximum Gasteiger partial charge on any atom is 0.338 e.